The van der Waals surface area contributed by atoms with Crippen molar-refractivity contribution in [3.05, 3.63) is 69.1 Å². The number of hydrogen-bond donors (Lipinski definition) is 1. The van der Waals surface area contributed by atoms with Crippen molar-refractivity contribution in [3.63, 3.8) is 0 Å². The van der Waals surface area contributed by atoms with Crippen molar-refractivity contribution < 1.29 is 14.6 Å². The Bertz CT molecular complexity index is 865. The molecule has 2 heterocycles. The topological polar surface area (TPSA) is 68.5 Å². The van der Waals surface area contributed by atoms with Crippen LogP contribution in [0.2, 0.25) is 0 Å². The van der Waals surface area contributed by atoms with Crippen molar-refractivity contribution in [1.82, 2.24) is 4.57 Å². The van der Waals surface area contributed by atoms with Crippen molar-refractivity contribution in [2.24, 2.45) is 0 Å². The van der Waals surface area contributed by atoms with Crippen LogP contribution in [-0.4, -0.2) is 15.6 Å². The molecule has 5 nitrogen and oxygen atoms in total. The molecule has 1 atom stereocenters. The van der Waals surface area contributed by atoms with E-state index >= 15 is 0 Å². The van der Waals surface area contributed by atoms with Crippen LogP contribution in [0.5, 0.6) is 5.75 Å². The van der Waals surface area contributed by atoms with E-state index in [2.05, 4.69) is 0 Å². The molecule has 2 aromatic rings. The molecule has 1 aliphatic rings. The molecule has 0 aliphatic carbocycles. The molecule has 1 aliphatic heterocycles. The lowest BCUT2D eigenvalue weighted by Crippen LogP contribution is -2.28. The number of aryl methyl sites for hydroxylation is 1. The smallest absolute Gasteiger partial charge is 0.305 e. The minimum atomic E-state index is -0.925. The van der Waals surface area contributed by atoms with E-state index in [1.54, 1.807) is 13.0 Å². The highest BCUT2D eigenvalue weighted by atomic mass is 16.5. The molecule has 1 N–H and O–H groups in total. The highest BCUT2D eigenvalue weighted by Gasteiger charge is 2.24. The van der Waals surface area contributed by atoms with Gasteiger partial charge < -0.3 is 14.4 Å². The highest BCUT2D eigenvalue weighted by molar-refractivity contribution is 5.67. The van der Waals surface area contributed by atoms with Crippen LogP contribution in [-0.2, 0) is 11.3 Å². The molecule has 5 heteroatoms. The number of hydrogen-bond acceptors (Lipinski definition) is 3. The van der Waals surface area contributed by atoms with Gasteiger partial charge in [-0.3, -0.25) is 9.59 Å². The van der Waals surface area contributed by atoms with Crippen LogP contribution in [0.25, 0.3) is 6.08 Å². The third kappa shape index (κ3) is 2.97. The molecule has 0 radical (unpaired) electrons. The molecule has 24 heavy (non-hydrogen) atoms. The first kappa shape index (κ1) is 16.1. The molecule has 0 spiro atoms. The van der Waals surface area contributed by atoms with E-state index in [0.29, 0.717) is 17.0 Å². The first-order chi connectivity index (χ1) is 11.5. The Balaban J connectivity index is 2.01. The molecular formula is C19H19NO4. The van der Waals surface area contributed by atoms with Crippen LogP contribution >= 0.6 is 0 Å². The number of carboxylic acids is 1. The molecule has 1 aromatic carbocycles. The summed E-state index contributed by atoms with van der Waals surface area (Å²) >= 11 is 0. The maximum absolute atomic E-state index is 12.7. The Hall–Kier alpha value is -2.82. The molecule has 0 amide bonds. The van der Waals surface area contributed by atoms with Crippen molar-refractivity contribution in [3.8, 4) is 5.75 Å². The van der Waals surface area contributed by atoms with Crippen LogP contribution in [0, 0.1) is 6.92 Å². The molecule has 0 bridgehead atoms. The SMILES string of the molecule is CC1=Cc2c(cc(C)n(CCC(=O)O)c2=O)O[C@@H]1c1ccccc1. The first-order valence-corrected chi connectivity index (χ1v) is 7.83. The van der Waals surface area contributed by atoms with E-state index in [0.717, 1.165) is 11.1 Å². The van der Waals surface area contributed by atoms with Gasteiger partial charge in [-0.1, -0.05) is 30.3 Å². The number of aliphatic carboxylic acids is 1. The van der Waals surface area contributed by atoms with Crippen molar-refractivity contribution in [1.29, 1.82) is 0 Å². The van der Waals surface area contributed by atoms with Crippen molar-refractivity contribution in [2.45, 2.75) is 32.9 Å². The fourth-order valence-electron chi connectivity index (χ4n) is 2.95. The van der Waals surface area contributed by atoms with Crippen LogP contribution in [0.4, 0.5) is 0 Å². The van der Waals surface area contributed by atoms with Gasteiger partial charge in [-0.05, 0) is 31.1 Å². The zero-order valence-corrected chi connectivity index (χ0v) is 13.7. The molecule has 1 aromatic heterocycles. The Morgan fingerprint density at radius 1 is 1.25 bits per heavy atom. The molecular weight excluding hydrogens is 306 g/mol. The summed E-state index contributed by atoms with van der Waals surface area (Å²) in [6.07, 6.45) is 1.54. The molecule has 124 valence electrons. The Labute approximate surface area is 139 Å². The van der Waals surface area contributed by atoms with Crippen LogP contribution in [0.3, 0.4) is 0 Å². The highest BCUT2D eigenvalue weighted by Crippen LogP contribution is 2.35. The number of carboxylic acid groups (broad SMARTS) is 1. The Kier molecular flexibility index (Phi) is 4.25. The maximum Gasteiger partial charge on any atom is 0.305 e. The first-order valence-electron chi connectivity index (χ1n) is 7.83. The lowest BCUT2D eigenvalue weighted by Gasteiger charge is -2.27. The van der Waals surface area contributed by atoms with Gasteiger partial charge in [-0.25, -0.2) is 0 Å². The second-order valence-electron chi connectivity index (χ2n) is 5.96. The van der Waals surface area contributed by atoms with Gasteiger partial charge in [0, 0.05) is 18.3 Å². The van der Waals surface area contributed by atoms with E-state index in [9.17, 15) is 9.59 Å². The zero-order chi connectivity index (χ0) is 17.3. The van der Waals surface area contributed by atoms with Crippen LogP contribution in [0.1, 0.15) is 36.3 Å². The molecule has 3 rings (SSSR count). The number of rotatable bonds is 4. The molecule has 0 fully saturated rings. The number of benzene rings is 1. The molecule has 0 unspecified atom stereocenters. The van der Waals surface area contributed by atoms with Crippen molar-refractivity contribution >= 4 is 12.0 Å². The Morgan fingerprint density at radius 3 is 2.62 bits per heavy atom. The fourth-order valence-corrected chi connectivity index (χ4v) is 2.95. The van der Waals surface area contributed by atoms with Gasteiger partial charge in [0.25, 0.3) is 5.56 Å². The van der Waals surface area contributed by atoms with E-state index in [-0.39, 0.29) is 24.6 Å². The van der Waals surface area contributed by atoms with Gasteiger partial charge in [0.1, 0.15) is 11.9 Å². The summed E-state index contributed by atoms with van der Waals surface area (Å²) in [7, 11) is 0. The largest absolute Gasteiger partial charge is 0.481 e. The number of aromatic nitrogens is 1. The van der Waals surface area contributed by atoms with E-state index < -0.39 is 5.97 Å². The summed E-state index contributed by atoms with van der Waals surface area (Å²) in [5.41, 5.74) is 2.94. The van der Waals surface area contributed by atoms with Crippen molar-refractivity contribution in [2.75, 3.05) is 0 Å². The summed E-state index contributed by atoms with van der Waals surface area (Å²) in [6, 6.07) is 11.6. The predicted molar refractivity (Wildman–Crippen MR) is 91.2 cm³/mol. The minimum Gasteiger partial charge on any atom is -0.481 e. The van der Waals surface area contributed by atoms with Gasteiger partial charge >= 0.3 is 5.97 Å². The maximum atomic E-state index is 12.7. The lowest BCUT2D eigenvalue weighted by atomic mass is 9.98. The average molecular weight is 325 g/mol. The van der Waals surface area contributed by atoms with Crippen LogP contribution < -0.4 is 10.3 Å². The molecule has 0 saturated heterocycles. The third-order valence-corrected chi connectivity index (χ3v) is 4.19. The van der Waals surface area contributed by atoms with E-state index in [1.807, 2.05) is 43.3 Å². The Morgan fingerprint density at radius 2 is 1.96 bits per heavy atom. The summed E-state index contributed by atoms with van der Waals surface area (Å²) in [4.78, 5) is 23.5. The van der Waals surface area contributed by atoms with Crippen LogP contribution in [0.15, 0.2) is 46.8 Å². The number of nitrogens with zero attached hydrogens (tertiary/aromatic N) is 1. The van der Waals surface area contributed by atoms with E-state index in [1.165, 1.54) is 4.57 Å². The van der Waals surface area contributed by atoms with Gasteiger partial charge in [-0.15, -0.1) is 0 Å². The average Bonchev–Trinajstić information content (AvgIpc) is 2.55. The second-order valence-corrected chi connectivity index (χ2v) is 5.96. The number of pyridine rings is 1. The summed E-state index contributed by atoms with van der Waals surface area (Å²) < 4.78 is 7.56. The van der Waals surface area contributed by atoms with Gasteiger partial charge in [0.05, 0.1) is 12.0 Å². The van der Waals surface area contributed by atoms with Gasteiger partial charge in [-0.2, -0.15) is 0 Å². The third-order valence-electron chi connectivity index (χ3n) is 4.19. The summed E-state index contributed by atoms with van der Waals surface area (Å²) in [6.45, 7) is 3.87. The number of fused-ring (bicyclic) bond motifs is 1. The summed E-state index contributed by atoms with van der Waals surface area (Å²) in [5.74, 6) is -0.380. The number of ether oxygens (including phenoxy) is 1. The van der Waals surface area contributed by atoms with Gasteiger partial charge in [0.15, 0.2) is 0 Å². The number of carbonyl (C=O) groups is 1. The molecule has 0 saturated carbocycles. The lowest BCUT2D eigenvalue weighted by molar-refractivity contribution is -0.137. The quantitative estimate of drug-likeness (QED) is 0.937. The second kappa shape index (κ2) is 6.35. The zero-order valence-electron chi connectivity index (χ0n) is 13.7. The monoisotopic (exact) mass is 325 g/mol. The van der Waals surface area contributed by atoms with E-state index in [4.69, 9.17) is 9.84 Å². The fraction of sp³-hybridized carbons (Fsp3) is 0.263. The normalized spacial score (nSPS) is 16.1. The predicted octanol–water partition coefficient (Wildman–Crippen LogP) is 3.17. The summed E-state index contributed by atoms with van der Waals surface area (Å²) in [5, 5.41) is 8.85. The minimum absolute atomic E-state index is 0.0876. The van der Waals surface area contributed by atoms with Gasteiger partial charge in [0.2, 0.25) is 0 Å². The standard InChI is InChI=1S/C19H19NO4/c1-12-10-15-16(24-18(12)14-6-4-3-5-7-14)11-13(2)20(19(15)23)9-8-17(21)22/h3-7,10-11,18H,8-9H2,1-2H3,(H,21,22)/t18-/m0/s1.